The number of hydrogen-bond donors (Lipinski definition) is 1. The highest BCUT2D eigenvalue weighted by Gasteiger charge is 2.34. The summed E-state index contributed by atoms with van der Waals surface area (Å²) in [7, 11) is 1.74. The van der Waals surface area contributed by atoms with Gasteiger partial charge in [-0.3, -0.25) is 9.59 Å². The maximum Gasteiger partial charge on any atom is 0.323 e. The zero-order chi connectivity index (χ0) is 13.1. The highest BCUT2D eigenvalue weighted by Crippen LogP contribution is 2.22. The third kappa shape index (κ3) is 2.45. The molecule has 1 aliphatic heterocycles. The highest BCUT2D eigenvalue weighted by atomic mass is 16.4. The van der Waals surface area contributed by atoms with E-state index >= 15 is 0 Å². The Kier molecular flexibility index (Phi) is 3.50. The molecule has 0 aliphatic carbocycles. The summed E-state index contributed by atoms with van der Waals surface area (Å²) in [6.07, 6.45) is 0.664. The number of carboxylic acids is 1. The van der Waals surface area contributed by atoms with Crippen LogP contribution in [0, 0.1) is 0 Å². The number of hydrogen-bond acceptors (Lipinski definition) is 3. The second-order valence-corrected chi connectivity index (χ2v) is 4.42. The van der Waals surface area contributed by atoms with Crippen LogP contribution in [0.4, 0.5) is 5.69 Å². The third-order valence-corrected chi connectivity index (χ3v) is 3.17. The van der Waals surface area contributed by atoms with Crippen LogP contribution >= 0.6 is 0 Å². The lowest BCUT2D eigenvalue weighted by Gasteiger charge is -2.28. The second kappa shape index (κ2) is 5.08. The van der Waals surface area contributed by atoms with Gasteiger partial charge in [0.1, 0.15) is 12.6 Å². The van der Waals surface area contributed by atoms with Crippen molar-refractivity contribution in [1.29, 1.82) is 0 Å². The van der Waals surface area contributed by atoms with Gasteiger partial charge >= 0.3 is 5.97 Å². The summed E-state index contributed by atoms with van der Waals surface area (Å²) >= 11 is 0. The minimum atomic E-state index is -0.929. The molecule has 0 bridgehead atoms. The number of para-hydroxylation sites is 1. The van der Waals surface area contributed by atoms with Gasteiger partial charge in [-0.15, -0.1) is 0 Å². The Morgan fingerprint density at radius 2 is 2.11 bits per heavy atom. The normalized spacial score (nSPS) is 19.1. The van der Waals surface area contributed by atoms with E-state index in [9.17, 15) is 9.59 Å². The van der Waals surface area contributed by atoms with E-state index in [1.165, 1.54) is 0 Å². The van der Waals surface area contributed by atoms with Crippen molar-refractivity contribution in [2.45, 2.75) is 12.5 Å². The average molecular weight is 248 g/mol. The Bertz CT molecular complexity index is 447. The minimum absolute atomic E-state index is 0.0138. The van der Waals surface area contributed by atoms with Crippen molar-refractivity contribution in [3.63, 3.8) is 0 Å². The fourth-order valence-corrected chi connectivity index (χ4v) is 2.24. The first-order chi connectivity index (χ1) is 8.59. The van der Waals surface area contributed by atoms with Gasteiger partial charge in [0, 0.05) is 19.3 Å². The first-order valence-corrected chi connectivity index (χ1v) is 5.88. The van der Waals surface area contributed by atoms with Gasteiger partial charge < -0.3 is 14.9 Å². The topological polar surface area (TPSA) is 60.9 Å². The van der Waals surface area contributed by atoms with Crippen LogP contribution in [-0.2, 0) is 9.59 Å². The molecule has 1 heterocycles. The van der Waals surface area contributed by atoms with E-state index in [4.69, 9.17) is 5.11 Å². The van der Waals surface area contributed by atoms with Gasteiger partial charge in [-0.05, 0) is 18.6 Å². The van der Waals surface area contributed by atoms with Crippen molar-refractivity contribution in [2.24, 2.45) is 0 Å². The lowest BCUT2D eigenvalue weighted by Crippen LogP contribution is -2.43. The zero-order valence-electron chi connectivity index (χ0n) is 10.2. The molecule has 0 radical (unpaired) electrons. The molecule has 1 aromatic carbocycles. The van der Waals surface area contributed by atoms with Crippen LogP contribution in [0.5, 0.6) is 0 Å². The van der Waals surface area contributed by atoms with Gasteiger partial charge in [-0.1, -0.05) is 18.2 Å². The van der Waals surface area contributed by atoms with Crippen LogP contribution in [0.2, 0.25) is 0 Å². The summed E-state index contributed by atoms with van der Waals surface area (Å²) in [4.78, 5) is 26.3. The zero-order valence-corrected chi connectivity index (χ0v) is 10.2. The van der Waals surface area contributed by atoms with Crippen LogP contribution in [0.3, 0.4) is 0 Å². The smallest absolute Gasteiger partial charge is 0.323 e. The van der Waals surface area contributed by atoms with E-state index in [-0.39, 0.29) is 18.5 Å². The van der Waals surface area contributed by atoms with Crippen LogP contribution in [-0.4, -0.2) is 48.1 Å². The maximum absolute atomic E-state index is 12.0. The Morgan fingerprint density at radius 1 is 1.44 bits per heavy atom. The third-order valence-electron chi connectivity index (χ3n) is 3.17. The molecule has 1 unspecified atom stereocenters. The minimum Gasteiger partial charge on any atom is -0.480 e. The number of likely N-dealkylation sites (tertiary alicyclic amines) is 1. The number of carbonyl (C=O) groups excluding carboxylic acids is 1. The maximum atomic E-state index is 12.0. The van der Waals surface area contributed by atoms with Crippen molar-refractivity contribution in [3.8, 4) is 0 Å². The predicted molar refractivity (Wildman–Crippen MR) is 67.5 cm³/mol. The first kappa shape index (κ1) is 12.4. The number of carboxylic acid groups (broad SMARTS) is 1. The van der Waals surface area contributed by atoms with Crippen LogP contribution in [0.25, 0.3) is 0 Å². The summed E-state index contributed by atoms with van der Waals surface area (Å²) in [6, 6.07) is 8.84. The summed E-state index contributed by atoms with van der Waals surface area (Å²) in [5.74, 6) is -0.943. The summed E-state index contributed by atoms with van der Waals surface area (Å²) in [5, 5.41) is 8.99. The molecule has 0 saturated carbocycles. The van der Waals surface area contributed by atoms with Crippen LogP contribution < -0.4 is 4.90 Å². The van der Waals surface area contributed by atoms with E-state index in [1.54, 1.807) is 16.8 Å². The van der Waals surface area contributed by atoms with E-state index < -0.39 is 5.97 Å². The molecule has 96 valence electrons. The molecule has 1 atom stereocenters. The van der Waals surface area contributed by atoms with Crippen LogP contribution in [0.15, 0.2) is 30.3 Å². The molecule has 1 N–H and O–H groups in total. The standard InChI is InChI=1S/C13H16N2O3/c1-14-8-7-11(13(14)18)15(9-12(16)17)10-5-3-2-4-6-10/h2-6,11H,7-9H2,1H3,(H,16,17). The number of nitrogens with zero attached hydrogens (tertiary/aromatic N) is 2. The number of anilines is 1. The van der Waals surface area contributed by atoms with Gasteiger partial charge in [0.05, 0.1) is 0 Å². The Labute approximate surface area is 106 Å². The van der Waals surface area contributed by atoms with Gasteiger partial charge in [0.25, 0.3) is 0 Å². The van der Waals surface area contributed by atoms with E-state index in [1.807, 2.05) is 30.3 Å². The van der Waals surface area contributed by atoms with Crippen LogP contribution in [0.1, 0.15) is 6.42 Å². The predicted octanol–water partition coefficient (Wildman–Crippen LogP) is 0.808. The molecule has 1 aromatic rings. The first-order valence-electron chi connectivity index (χ1n) is 5.88. The summed E-state index contributed by atoms with van der Waals surface area (Å²) in [6.45, 7) is 0.515. The fraction of sp³-hybridized carbons (Fsp3) is 0.385. The number of carbonyl (C=O) groups is 2. The van der Waals surface area contributed by atoms with Crippen molar-refractivity contribution in [1.82, 2.24) is 4.90 Å². The van der Waals surface area contributed by atoms with Crippen molar-refractivity contribution >= 4 is 17.6 Å². The highest BCUT2D eigenvalue weighted by molar-refractivity contribution is 5.89. The molecule has 1 aliphatic rings. The molecule has 0 spiro atoms. The molecule has 5 nitrogen and oxygen atoms in total. The molecule has 1 saturated heterocycles. The SMILES string of the molecule is CN1CCC(N(CC(=O)O)c2ccccc2)C1=O. The Morgan fingerprint density at radius 3 is 2.61 bits per heavy atom. The molecule has 18 heavy (non-hydrogen) atoms. The molecule has 2 rings (SSSR count). The molecule has 5 heteroatoms. The number of amides is 1. The molecular weight excluding hydrogens is 232 g/mol. The average Bonchev–Trinajstić information content (AvgIpc) is 2.68. The van der Waals surface area contributed by atoms with Crippen molar-refractivity contribution in [3.05, 3.63) is 30.3 Å². The van der Waals surface area contributed by atoms with Gasteiger partial charge in [0.2, 0.25) is 5.91 Å². The largest absolute Gasteiger partial charge is 0.480 e. The number of rotatable bonds is 4. The van der Waals surface area contributed by atoms with Crippen molar-refractivity contribution < 1.29 is 14.7 Å². The summed E-state index contributed by atoms with van der Waals surface area (Å²) < 4.78 is 0. The molecule has 1 fully saturated rings. The summed E-state index contributed by atoms with van der Waals surface area (Å²) in [5.41, 5.74) is 0.772. The number of likely N-dealkylation sites (N-methyl/N-ethyl adjacent to an activating group) is 1. The van der Waals surface area contributed by atoms with Gasteiger partial charge in [-0.2, -0.15) is 0 Å². The molecule has 1 amide bonds. The fourth-order valence-electron chi connectivity index (χ4n) is 2.24. The van der Waals surface area contributed by atoms with E-state index in [2.05, 4.69) is 0 Å². The van der Waals surface area contributed by atoms with Gasteiger partial charge in [-0.25, -0.2) is 0 Å². The second-order valence-electron chi connectivity index (χ2n) is 4.42. The quantitative estimate of drug-likeness (QED) is 0.856. The lowest BCUT2D eigenvalue weighted by molar-refractivity contribution is -0.135. The Balaban J connectivity index is 2.26. The Hall–Kier alpha value is -2.04. The molecular formula is C13H16N2O3. The van der Waals surface area contributed by atoms with Crippen molar-refractivity contribution in [2.75, 3.05) is 25.0 Å². The van der Waals surface area contributed by atoms with E-state index in [0.29, 0.717) is 13.0 Å². The monoisotopic (exact) mass is 248 g/mol. The number of benzene rings is 1. The number of aliphatic carboxylic acids is 1. The lowest BCUT2D eigenvalue weighted by atomic mass is 10.1. The van der Waals surface area contributed by atoms with Gasteiger partial charge in [0.15, 0.2) is 0 Å². The van der Waals surface area contributed by atoms with E-state index in [0.717, 1.165) is 5.69 Å². The molecule has 0 aromatic heterocycles.